The van der Waals surface area contributed by atoms with E-state index in [4.69, 9.17) is 4.74 Å². The van der Waals surface area contributed by atoms with Crippen molar-refractivity contribution in [1.29, 1.82) is 0 Å². The molecule has 1 fully saturated rings. The lowest BCUT2D eigenvalue weighted by Crippen LogP contribution is -2.17. The quantitative estimate of drug-likeness (QED) is 0.585. The van der Waals surface area contributed by atoms with Crippen molar-refractivity contribution in [3.05, 3.63) is 29.8 Å². The van der Waals surface area contributed by atoms with Gasteiger partial charge in [-0.25, -0.2) is 0 Å². The monoisotopic (exact) mass is 246 g/mol. The van der Waals surface area contributed by atoms with Gasteiger partial charge in [-0.1, -0.05) is 38.8 Å². The van der Waals surface area contributed by atoms with Crippen molar-refractivity contribution >= 4 is 5.97 Å². The third kappa shape index (κ3) is 3.12. The molecule has 0 radical (unpaired) electrons. The highest BCUT2D eigenvalue weighted by molar-refractivity contribution is 5.75. The lowest BCUT2D eigenvalue weighted by Gasteiger charge is -2.11. The SMILES string of the molecule is CCC(C)c1ccc(OC(=O)C2CCCC2)cc1. The van der Waals surface area contributed by atoms with E-state index in [1.165, 1.54) is 5.56 Å². The normalized spacial score (nSPS) is 17.7. The van der Waals surface area contributed by atoms with Gasteiger partial charge >= 0.3 is 5.97 Å². The van der Waals surface area contributed by atoms with Crippen LogP contribution in [0, 0.1) is 5.92 Å². The average molecular weight is 246 g/mol. The van der Waals surface area contributed by atoms with E-state index in [-0.39, 0.29) is 11.9 Å². The van der Waals surface area contributed by atoms with E-state index in [9.17, 15) is 4.79 Å². The molecule has 1 aliphatic rings. The van der Waals surface area contributed by atoms with Crippen LogP contribution in [-0.4, -0.2) is 5.97 Å². The molecule has 1 aromatic carbocycles. The van der Waals surface area contributed by atoms with E-state index in [2.05, 4.69) is 26.0 Å². The van der Waals surface area contributed by atoms with Crippen LogP contribution >= 0.6 is 0 Å². The molecular weight excluding hydrogens is 224 g/mol. The van der Waals surface area contributed by atoms with Crippen molar-refractivity contribution in [1.82, 2.24) is 0 Å². The van der Waals surface area contributed by atoms with Crippen LogP contribution in [0.4, 0.5) is 0 Å². The first-order valence-corrected chi connectivity index (χ1v) is 7.02. The maximum atomic E-state index is 11.9. The van der Waals surface area contributed by atoms with Crippen LogP contribution in [0.15, 0.2) is 24.3 Å². The van der Waals surface area contributed by atoms with Gasteiger partial charge in [0, 0.05) is 0 Å². The predicted octanol–water partition coefficient (Wildman–Crippen LogP) is 4.30. The molecule has 0 aliphatic heterocycles. The number of esters is 1. The van der Waals surface area contributed by atoms with Crippen molar-refractivity contribution in [2.45, 2.75) is 51.9 Å². The highest BCUT2D eigenvalue weighted by Crippen LogP contribution is 2.27. The summed E-state index contributed by atoms with van der Waals surface area (Å²) in [5, 5.41) is 0. The zero-order chi connectivity index (χ0) is 13.0. The second-order valence-corrected chi connectivity index (χ2v) is 5.28. The maximum absolute atomic E-state index is 11.9. The molecule has 2 heteroatoms. The Hall–Kier alpha value is -1.31. The Morgan fingerprint density at radius 3 is 2.44 bits per heavy atom. The number of hydrogen-bond donors (Lipinski definition) is 0. The molecule has 98 valence electrons. The van der Waals surface area contributed by atoms with Crippen LogP contribution in [-0.2, 0) is 4.79 Å². The molecule has 0 saturated heterocycles. The first-order valence-electron chi connectivity index (χ1n) is 7.02. The molecule has 0 heterocycles. The highest BCUT2D eigenvalue weighted by atomic mass is 16.5. The van der Waals surface area contributed by atoms with Gasteiger partial charge in [-0.2, -0.15) is 0 Å². The van der Waals surface area contributed by atoms with Gasteiger partial charge in [0.15, 0.2) is 0 Å². The van der Waals surface area contributed by atoms with Crippen LogP contribution in [0.1, 0.15) is 57.4 Å². The lowest BCUT2D eigenvalue weighted by molar-refractivity contribution is -0.138. The van der Waals surface area contributed by atoms with Gasteiger partial charge in [-0.05, 0) is 42.9 Å². The van der Waals surface area contributed by atoms with Crippen LogP contribution in [0.25, 0.3) is 0 Å². The molecule has 0 bridgehead atoms. The number of carbonyl (C=O) groups excluding carboxylic acids is 1. The minimum Gasteiger partial charge on any atom is -0.426 e. The van der Waals surface area contributed by atoms with Crippen LogP contribution in [0.2, 0.25) is 0 Å². The minimum atomic E-state index is -0.0520. The van der Waals surface area contributed by atoms with E-state index in [0.717, 1.165) is 32.1 Å². The summed E-state index contributed by atoms with van der Waals surface area (Å²) in [6.07, 6.45) is 5.42. The van der Waals surface area contributed by atoms with E-state index >= 15 is 0 Å². The van der Waals surface area contributed by atoms with Gasteiger partial charge in [0.1, 0.15) is 5.75 Å². The molecule has 2 nitrogen and oxygen atoms in total. The smallest absolute Gasteiger partial charge is 0.314 e. The molecule has 0 aromatic heterocycles. The standard InChI is InChI=1S/C16H22O2/c1-3-12(2)13-8-10-15(11-9-13)18-16(17)14-6-4-5-7-14/h8-12,14H,3-7H2,1-2H3. The Balaban J connectivity index is 1.95. The molecule has 1 saturated carbocycles. The summed E-state index contributed by atoms with van der Waals surface area (Å²) in [5.41, 5.74) is 1.30. The van der Waals surface area contributed by atoms with Gasteiger partial charge in [0.2, 0.25) is 0 Å². The summed E-state index contributed by atoms with van der Waals surface area (Å²) in [5.74, 6) is 1.31. The first-order chi connectivity index (χ1) is 8.70. The molecule has 1 aliphatic carbocycles. The van der Waals surface area contributed by atoms with E-state index < -0.39 is 0 Å². The van der Waals surface area contributed by atoms with E-state index in [0.29, 0.717) is 11.7 Å². The third-order valence-corrected chi connectivity index (χ3v) is 3.97. The molecule has 0 spiro atoms. The molecule has 1 unspecified atom stereocenters. The van der Waals surface area contributed by atoms with E-state index in [1.807, 2.05) is 12.1 Å². The van der Waals surface area contributed by atoms with Gasteiger partial charge < -0.3 is 4.74 Å². The fourth-order valence-corrected chi connectivity index (χ4v) is 2.46. The zero-order valence-corrected chi connectivity index (χ0v) is 11.3. The second-order valence-electron chi connectivity index (χ2n) is 5.28. The summed E-state index contributed by atoms with van der Waals surface area (Å²) in [4.78, 5) is 11.9. The first kappa shape index (κ1) is 13.1. The molecule has 1 atom stereocenters. The summed E-state index contributed by atoms with van der Waals surface area (Å²) in [6, 6.07) is 7.94. The number of rotatable bonds is 4. The van der Waals surface area contributed by atoms with Gasteiger partial charge in [0.25, 0.3) is 0 Å². The summed E-state index contributed by atoms with van der Waals surface area (Å²) in [7, 11) is 0. The molecular formula is C16H22O2. The number of ether oxygens (including phenoxy) is 1. The highest BCUT2D eigenvalue weighted by Gasteiger charge is 2.24. The van der Waals surface area contributed by atoms with Gasteiger partial charge in [-0.15, -0.1) is 0 Å². The Labute approximate surface area is 109 Å². The summed E-state index contributed by atoms with van der Waals surface area (Å²) in [6.45, 7) is 4.39. The molecule has 1 aromatic rings. The van der Waals surface area contributed by atoms with Crippen LogP contribution < -0.4 is 4.74 Å². The van der Waals surface area contributed by atoms with Crippen molar-refractivity contribution in [3.8, 4) is 5.75 Å². The molecule has 18 heavy (non-hydrogen) atoms. The summed E-state index contributed by atoms with van der Waals surface area (Å²) >= 11 is 0. The maximum Gasteiger partial charge on any atom is 0.314 e. The summed E-state index contributed by atoms with van der Waals surface area (Å²) < 4.78 is 5.43. The number of hydrogen-bond acceptors (Lipinski definition) is 2. The number of carbonyl (C=O) groups is 1. The van der Waals surface area contributed by atoms with Crippen LogP contribution in [0.3, 0.4) is 0 Å². The topological polar surface area (TPSA) is 26.3 Å². The minimum absolute atomic E-state index is 0.0520. The van der Waals surface area contributed by atoms with Crippen molar-refractivity contribution in [3.63, 3.8) is 0 Å². The van der Waals surface area contributed by atoms with E-state index in [1.54, 1.807) is 0 Å². The van der Waals surface area contributed by atoms with Crippen molar-refractivity contribution in [2.75, 3.05) is 0 Å². The van der Waals surface area contributed by atoms with Crippen molar-refractivity contribution < 1.29 is 9.53 Å². The average Bonchev–Trinajstić information content (AvgIpc) is 2.92. The molecule has 0 amide bonds. The van der Waals surface area contributed by atoms with Crippen LogP contribution in [0.5, 0.6) is 5.75 Å². The van der Waals surface area contributed by atoms with Crippen molar-refractivity contribution in [2.24, 2.45) is 5.92 Å². The Morgan fingerprint density at radius 2 is 1.89 bits per heavy atom. The van der Waals surface area contributed by atoms with Gasteiger partial charge in [-0.3, -0.25) is 4.79 Å². The fourth-order valence-electron chi connectivity index (χ4n) is 2.46. The number of benzene rings is 1. The second kappa shape index (κ2) is 6.03. The predicted molar refractivity (Wildman–Crippen MR) is 72.7 cm³/mol. The largest absolute Gasteiger partial charge is 0.426 e. The molecule has 0 N–H and O–H groups in total. The Kier molecular flexibility index (Phi) is 4.40. The lowest BCUT2D eigenvalue weighted by atomic mass is 9.99. The third-order valence-electron chi connectivity index (χ3n) is 3.97. The Morgan fingerprint density at radius 1 is 1.28 bits per heavy atom. The molecule has 2 rings (SSSR count). The van der Waals surface area contributed by atoms with Gasteiger partial charge in [0.05, 0.1) is 5.92 Å². The Bertz CT molecular complexity index is 388. The fraction of sp³-hybridized carbons (Fsp3) is 0.562. The zero-order valence-electron chi connectivity index (χ0n) is 11.3.